The fourth-order valence-corrected chi connectivity index (χ4v) is 1.21. The number of nitrogens with two attached hydrogens (primary N) is 2. The van der Waals surface area contributed by atoms with Gasteiger partial charge in [-0.25, -0.2) is 0 Å². The first-order chi connectivity index (χ1) is 7.51. The van der Waals surface area contributed by atoms with E-state index in [1.807, 2.05) is 0 Å². The minimum atomic E-state index is -4.82. The van der Waals surface area contributed by atoms with Crippen LogP contribution in [-0.4, -0.2) is 6.18 Å². The normalized spacial score (nSPS) is 14.8. The first-order valence-electron chi connectivity index (χ1n) is 4.32. The Morgan fingerprint density at radius 3 is 1.88 bits per heavy atom. The molecule has 0 aliphatic carbocycles. The van der Waals surface area contributed by atoms with Gasteiger partial charge in [0.05, 0.1) is 5.56 Å². The summed E-state index contributed by atoms with van der Waals surface area (Å²) in [5, 5.41) is 0. The van der Waals surface area contributed by atoms with Gasteiger partial charge in [0, 0.05) is 5.69 Å². The van der Waals surface area contributed by atoms with Gasteiger partial charge in [-0.05, 0) is 23.8 Å². The van der Waals surface area contributed by atoms with Crippen LogP contribution in [0.25, 0.3) is 0 Å². The minimum absolute atomic E-state index is 0.342. The standard InChI is InChI=1S/C9H8F6N2/c10-8(11,12)5-1-4(2-6(16)3-5)7(17)9(13,14)15/h1-3,7H,16-17H2/t7-/m1/s1. The highest BCUT2D eigenvalue weighted by molar-refractivity contribution is 5.46. The van der Waals surface area contributed by atoms with E-state index in [0.717, 1.165) is 6.07 Å². The van der Waals surface area contributed by atoms with Gasteiger partial charge < -0.3 is 11.5 Å². The predicted molar refractivity (Wildman–Crippen MR) is 48.8 cm³/mol. The smallest absolute Gasteiger partial charge is 0.399 e. The molecule has 0 spiro atoms. The molecule has 0 heterocycles. The average molecular weight is 258 g/mol. The van der Waals surface area contributed by atoms with Gasteiger partial charge in [-0.3, -0.25) is 0 Å². The molecule has 17 heavy (non-hydrogen) atoms. The zero-order valence-corrected chi connectivity index (χ0v) is 8.23. The summed E-state index contributed by atoms with van der Waals surface area (Å²) in [4.78, 5) is 0. The van der Waals surface area contributed by atoms with Crippen LogP contribution in [0, 0.1) is 0 Å². The lowest BCUT2D eigenvalue weighted by Gasteiger charge is -2.18. The van der Waals surface area contributed by atoms with Crippen molar-refractivity contribution in [2.45, 2.75) is 18.4 Å². The highest BCUT2D eigenvalue weighted by atomic mass is 19.4. The summed E-state index contributed by atoms with van der Waals surface area (Å²) in [6, 6.07) is -0.832. The third-order valence-electron chi connectivity index (χ3n) is 2.02. The monoisotopic (exact) mass is 258 g/mol. The number of hydrogen-bond donors (Lipinski definition) is 2. The topological polar surface area (TPSA) is 52.0 Å². The van der Waals surface area contributed by atoms with E-state index in [9.17, 15) is 26.3 Å². The van der Waals surface area contributed by atoms with Gasteiger partial charge in [0.2, 0.25) is 0 Å². The van der Waals surface area contributed by atoms with E-state index in [4.69, 9.17) is 11.5 Å². The molecular weight excluding hydrogens is 250 g/mol. The summed E-state index contributed by atoms with van der Waals surface area (Å²) in [7, 11) is 0. The number of rotatable bonds is 1. The predicted octanol–water partition coefficient (Wildman–Crippen LogP) is 2.85. The molecule has 4 N–H and O–H groups in total. The number of alkyl halides is 6. The lowest BCUT2D eigenvalue weighted by Crippen LogP contribution is -2.28. The average Bonchev–Trinajstić information content (AvgIpc) is 2.12. The van der Waals surface area contributed by atoms with Gasteiger partial charge in [-0.15, -0.1) is 0 Å². The quantitative estimate of drug-likeness (QED) is 0.601. The van der Waals surface area contributed by atoms with E-state index in [1.165, 1.54) is 0 Å². The number of hydrogen-bond acceptors (Lipinski definition) is 2. The number of anilines is 1. The fourth-order valence-electron chi connectivity index (χ4n) is 1.21. The van der Waals surface area contributed by atoms with Gasteiger partial charge in [0.25, 0.3) is 0 Å². The lowest BCUT2D eigenvalue weighted by atomic mass is 10.0. The van der Waals surface area contributed by atoms with Crippen molar-refractivity contribution in [3.8, 4) is 0 Å². The molecule has 0 aliphatic heterocycles. The molecule has 0 saturated carbocycles. The molecule has 0 bridgehead atoms. The van der Waals surface area contributed by atoms with Crippen molar-refractivity contribution in [3.63, 3.8) is 0 Å². The molecule has 0 unspecified atom stereocenters. The van der Waals surface area contributed by atoms with Crippen molar-refractivity contribution in [2.24, 2.45) is 5.73 Å². The van der Waals surface area contributed by atoms with Crippen molar-refractivity contribution < 1.29 is 26.3 Å². The molecule has 1 aromatic rings. The molecular formula is C9H8F6N2. The van der Waals surface area contributed by atoms with Gasteiger partial charge in [0.1, 0.15) is 6.04 Å². The summed E-state index contributed by atoms with van der Waals surface area (Å²) < 4.78 is 73.7. The molecule has 0 saturated heterocycles. The second-order valence-electron chi connectivity index (χ2n) is 3.41. The second-order valence-corrected chi connectivity index (χ2v) is 3.41. The Morgan fingerprint density at radius 2 is 1.47 bits per heavy atom. The Hall–Kier alpha value is -1.44. The molecule has 1 atom stereocenters. The summed E-state index contributed by atoms with van der Waals surface area (Å²) >= 11 is 0. The molecule has 0 aliphatic rings. The Balaban J connectivity index is 3.24. The maximum atomic E-state index is 12.3. The molecule has 96 valence electrons. The Kier molecular flexibility index (Phi) is 3.28. The van der Waals surface area contributed by atoms with Gasteiger partial charge in [-0.1, -0.05) is 0 Å². The molecule has 1 rings (SSSR count). The van der Waals surface area contributed by atoms with E-state index in [-0.39, 0.29) is 0 Å². The first-order valence-corrected chi connectivity index (χ1v) is 4.32. The molecule has 0 fully saturated rings. The highest BCUT2D eigenvalue weighted by Crippen LogP contribution is 2.36. The van der Waals surface area contributed by atoms with E-state index in [1.54, 1.807) is 0 Å². The van der Waals surface area contributed by atoms with Crippen LogP contribution in [-0.2, 0) is 6.18 Å². The van der Waals surface area contributed by atoms with Crippen molar-refractivity contribution in [1.82, 2.24) is 0 Å². The Labute approximate surface area is 92.2 Å². The zero-order valence-electron chi connectivity index (χ0n) is 8.23. The van der Waals surface area contributed by atoms with Crippen LogP contribution in [0.3, 0.4) is 0 Å². The zero-order chi connectivity index (χ0) is 13.4. The van der Waals surface area contributed by atoms with Gasteiger partial charge in [-0.2, -0.15) is 26.3 Å². The largest absolute Gasteiger partial charge is 0.416 e. The minimum Gasteiger partial charge on any atom is -0.399 e. The van der Waals surface area contributed by atoms with E-state index in [2.05, 4.69) is 0 Å². The first kappa shape index (κ1) is 13.6. The van der Waals surface area contributed by atoms with Crippen molar-refractivity contribution >= 4 is 5.69 Å². The summed E-state index contributed by atoms with van der Waals surface area (Å²) in [6.07, 6.45) is -9.59. The Morgan fingerprint density at radius 1 is 0.941 bits per heavy atom. The SMILES string of the molecule is Nc1cc([C@@H](N)C(F)(F)F)cc(C(F)(F)F)c1. The number of benzene rings is 1. The number of halogens is 6. The van der Waals surface area contributed by atoms with Crippen LogP contribution in [0.2, 0.25) is 0 Å². The highest BCUT2D eigenvalue weighted by Gasteiger charge is 2.39. The van der Waals surface area contributed by atoms with Crippen LogP contribution in [0.1, 0.15) is 17.2 Å². The third kappa shape index (κ3) is 3.26. The second kappa shape index (κ2) is 4.10. The maximum absolute atomic E-state index is 12.3. The van der Waals surface area contributed by atoms with Crippen LogP contribution in [0.5, 0.6) is 0 Å². The fraction of sp³-hybridized carbons (Fsp3) is 0.333. The molecule has 8 heteroatoms. The molecule has 1 aromatic carbocycles. The van der Waals surface area contributed by atoms with Crippen LogP contribution < -0.4 is 11.5 Å². The summed E-state index contributed by atoms with van der Waals surface area (Å²) in [5.41, 5.74) is 7.52. The molecule has 0 amide bonds. The van der Waals surface area contributed by atoms with Crippen LogP contribution in [0.4, 0.5) is 32.0 Å². The van der Waals surface area contributed by atoms with E-state index >= 15 is 0 Å². The van der Waals surface area contributed by atoms with Gasteiger partial charge in [0.15, 0.2) is 0 Å². The van der Waals surface area contributed by atoms with Gasteiger partial charge >= 0.3 is 12.4 Å². The summed E-state index contributed by atoms with van der Waals surface area (Å²) in [6.45, 7) is 0. The number of nitrogen functional groups attached to an aromatic ring is 1. The van der Waals surface area contributed by atoms with Crippen molar-refractivity contribution in [2.75, 3.05) is 5.73 Å². The van der Waals surface area contributed by atoms with Crippen molar-refractivity contribution in [1.29, 1.82) is 0 Å². The third-order valence-corrected chi connectivity index (χ3v) is 2.02. The van der Waals surface area contributed by atoms with Crippen molar-refractivity contribution in [3.05, 3.63) is 29.3 Å². The van der Waals surface area contributed by atoms with Crippen LogP contribution in [0.15, 0.2) is 18.2 Å². The summed E-state index contributed by atoms with van der Waals surface area (Å²) in [5.74, 6) is 0. The molecule has 0 radical (unpaired) electrons. The molecule has 2 nitrogen and oxygen atoms in total. The van der Waals surface area contributed by atoms with Crippen LogP contribution >= 0.6 is 0 Å². The maximum Gasteiger partial charge on any atom is 0.416 e. The Bertz CT molecular complexity index is 409. The molecule has 0 aromatic heterocycles. The van der Waals surface area contributed by atoms with E-state index < -0.39 is 35.2 Å². The van der Waals surface area contributed by atoms with E-state index in [0.29, 0.717) is 12.1 Å². The lowest BCUT2D eigenvalue weighted by molar-refractivity contribution is -0.150.